The van der Waals surface area contributed by atoms with E-state index >= 15 is 0 Å². The number of aliphatic hydroxyl groups is 1. The van der Waals surface area contributed by atoms with Crippen LogP contribution in [0.1, 0.15) is 16.7 Å². The van der Waals surface area contributed by atoms with E-state index < -0.39 is 6.10 Å². The average molecular weight is 410 g/mol. The van der Waals surface area contributed by atoms with Gasteiger partial charge in [0.2, 0.25) is 0 Å². The highest BCUT2D eigenvalue weighted by atomic mass is 19.1. The van der Waals surface area contributed by atoms with E-state index in [9.17, 15) is 9.50 Å². The second kappa shape index (κ2) is 10.8. The summed E-state index contributed by atoms with van der Waals surface area (Å²) in [5.74, 6) is 1.31. The van der Waals surface area contributed by atoms with Crippen LogP contribution < -0.4 is 9.47 Å². The Morgan fingerprint density at radius 2 is 1.57 bits per heavy atom. The molecule has 5 heteroatoms. The predicted octanol–water partition coefficient (Wildman–Crippen LogP) is 4.58. The first-order chi connectivity index (χ1) is 14.5. The quantitative estimate of drug-likeness (QED) is 0.532. The normalized spacial score (nSPS) is 12.0. The second-order valence-electron chi connectivity index (χ2n) is 7.34. The smallest absolute Gasteiger partial charge is 0.123 e. The molecule has 30 heavy (non-hydrogen) atoms. The summed E-state index contributed by atoms with van der Waals surface area (Å²) in [6, 6.07) is 22.0. The SMILES string of the molecule is COc1ccccc1CN(Cc1ccc(F)cc1)C[C@H](O)COc1ccccc1C. The molecule has 0 aliphatic heterocycles. The number of nitrogens with zero attached hydrogens (tertiary/aromatic N) is 1. The first-order valence-corrected chi connectivity index (χ1v) is 10.0. The summed E-state index contributed by atoms with van der Waals surface area (Å²) >= 11 is 0. The summed E-state index contributed by atoms with van der Waals surface area (Å²) < 4.78 is 24.6. The van der Waals surface area contributed by atoms with Crippen LogP contribution in [-0.4, -0.2) is 36.4 Å². The van der Waals surface area contributed by atoms with Crippen molar-refractivity contribution in [2.45, 2.75) is 26.1 Å². The number of aliphatic hydroxyl groups excluding tert-OH is 1. The number of benzene rings is 3. The molecule has 0 fully saturated rings. The van der Waals surface area contributed by atoms with Crippen LogP contribution in [0, 0.1) is 12.7 Å². The van der Waals surface area contributed by atoms with Crippen molar-refractivity contribution < 1.29 is 19.0 Å². The molecule has 0 saturated heterocycles. The molecular formula is C25H28FNO3. The van der Waals surface area contributed by atoms with E-state index in [1.165, 1.54) is 12.1 Å². The molecule has 3 aromatic rings. The molecule has 0 radical (unpaired) electrons. The zero-order chi connectivity index (χ0) is 21.3. The highest BCUT2D eigenvalue weighted by molar-refractivity contribution is 5.33. The third-order valence-corrected chi connectivity index (χ3v) is 4.90. The monoisotopic (exact) mass is 409 g/mol. The molecule has 0 spiro atoms. The molecule has 0 aromatic heterocycles. The van der Waals surface area contributed by atoms with Crippen LogP contribution in [0.4, 0.5) is 4.39 Å². The minimum Gasteiger partial charge on any atom is -0.496 e. The fraction of sp³-hybridized carbons (Fsp3) is 0.280. The molecule has 0 heterocycles. The van der Waals surface area contributed by atoms with E-state index in [-0.39, 0.29) is 12.4 Å². The van der Waals surface area contributed by atoms with Gasteiger partial charge < -0.3 is 14.6 Å². The lowest BCUT2D eigenvalue weighted by atomic mass is 10.1. The fourth-order valence-electron chi connectivity index (χ4n) is 3.36. The van der Waals surface area contributed by atoms with Gasteiger partial charge in [-0.3, -0.25) is 4.90 Å². The van der Waals surface area contributed by atoms with E-state index in [1.807, 2.05) is 55.5 Å². The van der Waals surface area contributed by atoms with Crippen molar-refractivity contribution >= 4 is 0 Å². The van der Waals surface area contributed by atoms with Gasteiger partial charge in [-0.15, -0.1) is 0 Å². The molecule has 0 bridgehead atoms. The Hall–Kier alpha value is -2.89. The summed E-state index contributed by atoms with van der Waals surface area (Å²) in [4.78, 5) is 2.11. The van der Waals surface area contributed by atoms with E-state index in [4.69, 9.17) is 9.47 Å². The third kappa shape index (κ3) is 6.31. The maximum Gasteiger partial charge on any atom is 0.123 e. The second-order valence-corrected chi connectivity index (χ2v) is 7.34. The lowest BCUT2D eigenvalue weighted by Crippen LogP contribution is -2.35. The highest BCUT2D eigenvalue weighted by Gasteiger charge is 2.16. The lowest BCUT2D eigenvalue weighted by Gasteiger charge is -2.26. The van der Waals surface area contributed by atoms with E-state index in [1.54, 1.807) is 19.2 Å². The van der Waals surface area contributed by atoms with Gasteiger partial charge in [0.15, 0.2) is 0 Å². The number of hydrogen-bond acceptors (Lipinski definition) is 4. The van der Waals surface area contributed by atoms with Crippen molar-refractivity contribution in [1.29, 1.82) is 0 Å². The first kappa shape index (κ1) is 21.8. The van der Waals surface area contributed by atoms with Gasteiger partial charge in [-0.2, -0.15) is 0 Å². The molecule has 0 unspecified atom stereocenters. The number of ether oxygens (including phenoxy) is 2. The number of hydrogen-bond donors (Lipinski definition) is 1. The van der Waals surface area contributed by atoms with Gasteiger partial charge in [0.1, 0.15) is 30.0 Å². The fourth-order valence-corrected chi connectivity index (χ4v) is 3.36. The minimum atomic E-state index is -0.681. The van der Waals surface area contributed by atoms with Crippen molar-refractivity contribution in [3.05, 3.63) is 95.3 Å². The lowest BCUT2D eigenvalue weighted by molar-refractivity contribution is 0.0623. The van der Waals surface area contributed by atoms with Crippen LogP contribution in [-0.2, 0) is 13.1 Å². The molecule has 3 aromatic carbocycles. The van der Waals surface area contributed by atoms with Crippen LogP contribution >= 0.6 is 0 Å². The number of methoxy groups -OCH3 is 1. The van der Waals surface area contributed by atoms with E-state index in [0.717, 1.165) is 28.2 Å². The third-order valence-electron chi connectivity index (χ3n) is 4.90. The molecule has 1 atom stereocenters. The number of halogens is 1. The Labute approximate surface area is 177 Å². The van der Waals surface area contributed by atoms with Crippen molar-refractivity contribution in [2.75, 3.05) is 20.3 Å². The topological polar surface area (TPSA) is 41.9 Å². The van der Waals surface area contributed by atoms with Crippen molar-refractivity contribution in [1.82, 2.24) is 4.90 Å². The van der Waals surface area contributed by atoms with E-state index in [0.29, 0.717) is 19.6 Å². The molecule has 0 aliphatic rings. The standard InChI is InChI=1S/C25H28FNO3/c1-19-7-3-5-9-24(19)30-18-23(28)17-27(15-20-11-13-22(26)14-12-20)16-21-8-4-6-10-25(21)29-2/h3-14,23,28H,15-18H2,1-2H3/t23-/m0/s1. The van der Waals surface area contributed by atoms with Crippen LogP contribution in [0.15, 0.2) is 72.8 Å². The molecule has 4 nitrogen and oxygen atoms in total. The Kier molecular flexibility index (Phi) is 7.82. The van der Waals surface area contributed by atoms with Crippen molar-refractivity contribution in [2.24, 2.45) is 0 Å². The summed E-state index contributed by atoms with van der Waals surface area (Å²) in [6.07, 6.45) is -0.681. The minimum absolute atomic E-state index is 0.191. The Bertz CT molecular complexity index is 930. The summed E-state index contributed by atoms with van der Waals surface area (Å²) in [5, 5.41) is 10.6. The van der Waals surface area contributed by atoms with Crippen molar-refractivity contribution in [3.63, 3.8) is 0 Å². The molecule has 0 amide bonds. The first-order valence-electron chi connectivity index (χ1n) is 10.0. The highest BCUT2D eigenvalue weighted by Crippen LogP contribution is 2.21. The van der Waals surface area contributed by atoms with Gasteiger partial charge in [-0.1, -0.05) is 48.5 Å². The Morgan fingerprint density at radius 1 is 0.900 bits per heavy atom. The Balaban J connectivity index is 1.69. The largest absolute Gasteiger partial charge is 0.496 e. The number of para-hydroxylation sites is 2. The number of rotatable bonds is 10. The van der Waals surface area contributed by atoms with Gasteiger partial charge in [0.25, 0.3) is 0 Å². The zero-order valence-corrected chi connectivity index (χ0v) is 17.4. The molecule has 158 valence electrons. The molecule has 3 rings (SSSR count). The zero-order valence-electron chi connectivity index (χ0n) is 17.4. The van der Waals surface area contributed by atoms with Gasteiger partial charge in [0.05, 0.1) is 7.11 Å². The molecular weight excluding hydrogens is 381 g/mol. The van der Waals surface area contributed by atoms with Crippen LogP contribution in [0.25, 0.3) is 0 Å². The molecule has 0 saturated carbocycles. The van der Waals surface area contributed by atoms with Crippen LogP contribution in [0.2, 0.25) is 0 Å². The molecule has 1 N–H and O–H groups in total. The summed E-state index contributed by atoms with van der Waals surface area (Å²) in [5.41, 5.74) is 3.02. The van der Waals surface area contributed by atoms with E-state index in [2.05, 4.69) is 4.90 Å². The van der Waals surface area contributed by atoms with Crippen LogP contribution in [0.5, 0.6) is 11.5 Å². The van der Waals surface area contributed by atoms with Gasteiger partial charge >= 0.3 is 0 Å². The maximum absolute atomic E-state index is 13.3. The maximum atomic E-state index is 13.3. The number of aryl methyl sites for hydroxylation is 1. The van der Waals surface area contributed by atoms with Crippen LogP contribution in [0.3, 0.4) is 0 Å². The average Bonchev–Trinajstić information content (AvgIpc) is 2.75. The summed E-state index contributed by atoms with van der Waals surface area (Å²) in [6.45, 7) is 3.73. The van der Waals surface area contributed by atoms with Gasteiger partial charge in [-0.05, 0) is 42.3 Å². The van der Waals surface area contributed by atoms with Gasteiger partial charge in [-0.25, -0.2) is 4.39 Å². The molecule has 0 aliphatic carbocycles. The Morgan fingerprint density at radius 3 is 2.27 bits per heavy atom. The van der Waals surface area contributed by atoms with Crippen molar-refractivity contribution in [3.8, 4) is 11.5 Å². The van der Waals surface area contributed by atoms with Gasteiger partial charge in [0, 0.05) is 25.2 Å². The summed E-state index contributed by atoms with van der Waals surface area (Å²) in [7, 11) is 1.65. The predicted molar refractivity (Wildman–Crippen MR) is 116 cm³/mol.